The highest BCUT2D eigenvalue weighted by Gasteiger charge is 2.46. The Bertz CT molecular complexity index is 387. The van der Waals surface area contributed by atoms with E-state index < -0.39 is 5.97 Å². The van der Waals surface area contributed by atoms with Gasteiger partial charge in [-0.2, -0.15) is 0 Å². The van der Waals surface area contributed by atoms with Crippen molar-refractivity contribution < 1.29 is 14.7 Å². The van der Waals surface area contributed by atoms with Crippen LogP contribution in [0.25, 0.3) is 0 Å². The summed E-state index contributed by atoms with van der Waals surface area (Å²) in [5, 5.41) is 12.5. The van der Waals surface area contributed by atoms with E-state index in [2.05, 4.69) is 12.2 Å². The summed E-state index contributed by atoms with van der Waals surface area (Å²) in [7, 11) is 0. The number of hydrogen-bond acceptors (Lipinski definition) is 2. The van der Waals surface area contributed by atoms with Crippen molar-refractivity contribution in [2.45, 2.75) is 65.3 Å². The lowest BCUT2D eigenvalue weighted by atomic mass is 9.61. The number of carboxylic acids is 1. The Kier molecular flexibility index (Phi) is 4.40. The Hall–Kier alpha value is -1.06. The Balaban J connectivity index is 1.93. The first kappa shape index (κ1) is 15.3. The first-order chi connectivity index (χ1) is 9.32. The van der Waals surface area contributed by atoms with Gasteiger partial charge in [0.2, 0.25) is 5.91 Å². The smallest absolute Gasteiger partial charge is 0.307 e. The Morgan fingerprint density at radius 2 is 1.85 bits per heavy atom. The highest BCUT2D eigenvalue weighted by Crippen LogP contribution is 2.45. The van der Waals surface area contributed by atoms with Crippen LogP contribution in [0.15, 0.2) is 0 Å². The van der Waals surface area contributed by atoms with Gasteiger partial charge in [0.25, 0.3) is 0 Å². The van der Waals surface area contributed by atoms with Crippen LogP contribution in [0.3, 0.4) is 0 Å². The minimum absolute atomic E-state index is 0.119. The molecule has 2 aliphatic carbocycles. The molecule has 114 valence electrons. The SMILES string of the molecule is CC1C(NC(=O)CC2CCC2)CCC(C(=O)O)C1(C)C. The van der Waals surface area contributed by atoms with E-state index >= 15 is 0 Å². The molecule has 4 heteroatoms. The normalized spacial score (nSPS) is 33.2. The molecule has 1 amide bonds. The molecular weight excluding hydrogens is 254 g/mol. The van der Waals surface area contributed by atoms with E-state index in [4.69, 9.17) is 0 Å². The van der Waals surface area contributed by atoms with Crippen molar-refractivity contribution in [2.75, 3.05) is 0 Å². The Labute approximate surface area is 121 Å². The van der Waals surface area contributed by atoms with Gasteiger partial charge < -0.3 is 10.4 Å². The molecule has 3 unspecified atom stereocenters. The van der Waals surface area contributed by atoms with E-state index in [0.717, 1.165) is 6.42 Å². The van der Waals surface area contributed by atoms with Crippen molar-refractivity contribution in [3.05, 3.63) is 0 Å². The molecule has 0 saturated heterocycles. The number of rotatable bonds is 4. The zero-order valence-corrected chi connectivity index (χ0v) is 12.8. The van der Waals surface area contributed by atoms with E-state index in [-0.39, 0.29) is 29.2 Å². The molecule has 2 aliphatic rings. The number of amides is 1. The van der Waals surface area contributed by atoms with E-state index in [1.54, 1.807) is 0 Å². The molecule has 2 saturated carbocycles. The maximum atomic E-state index is 12.1. The maximum absolute atomic E-state index is 12.1. The lowest BCUT2D eigenvalue weighted by Gasteiger charge is -2.46. The molecule has 0 bridgehead atoms. The van der Waals surface area contributed by atoms with Crippen molar-refractivity contribution in [1.29, 1.82) is 0 Å². The summed E-state index contributed by atoms with van der Waals surface area (Å²) >= 11 is 0. The van der Waals surface area contributed by atoms with Crippen LogP contribution in [-0.2, 0) is 9.59 Å². The molecule has 0 heterocycles. The molecule has 0 aliphatic heterocycles. The molecule has 2 fully saturated rings. The fourth-order valence-corrected chi connectivity index (χ4v) is 3.67. The van der Waals surface area contributed by atoms with Crippen molar-refractivity contribution in [3.8, 4) is 0 Å². The molecule has 0 aromatic heterocycles. The number of hydrogen-bond donors (Lipinski definition) is 2. The number of nitrogens with one attached hydrogen (secondary N) is 1. The lowest BCUT2D eigenvalue weighted by Crippen LogP contribution is -2.52. The summed E-state index contributed by atoms with van der Waals surface area (Å²) in [5.74, 6) is -0.106. The van der Waals surface area contributed by atoms with Gasteiger partial charge in [-0.3, -0.25) is 9.59 Å². The molecule has 4 nitrogen and oxygen atoms in total. The quantitative estimate of drug-likeness (QED) is 0.832. The van der Waals surface area contributed by atoms with Crippen LogP contribution in [0, 0.1) is 23.2 Å². The fraction of sp³-hybridized carbons (Fsp3) is 0.875. The van der Waals surface area contributed by atoms with Gasteiger partial charge in [-0.05, 0) is 42.9 Å². The standard InChI is InChI=1S/C16H27NO3/c1-10-13(17-14(18)9-11-5-4-6-11)8-7-12(15(19)20)16(10,2)3/h10-13H,4-9H2,1-3H3,(H,17,18)(H,19,20). The van der Waals surface area contributed by atoms with Crippen LogP contribution in [0.4, 0.5) is 0 Å². The lowest BCUT2D eigenvalue weighted by molar-refractivity contribution is -0.150. The monoisotopic (exact) mass is 281 g/mol. The van der Waals surface area contributed by atoms with Gasteiger partial charge >= 0.3 is 5.97 Å². The van der Waals surface area contributed by atoms with Gasteiger partial charge in [-0.1, -0.05) is 27.2 Å². The number of aliphatic carboxylic acids is 1. The number of carbonyl (C=O) groups is 2. The van der Waals surface area contributed by atoms with E-state index in [1.807, 2.05) is 13.8 Å². The van der Waals surface area contributed by atoms with Crippen LogP contribution in [0.5, 0.6) is 0 Å². The first-order valence-electron chi connectivity index (χ1n) is 7.84. The maximum Gasteiger partial charge on any atom is 0.307 e. The third-order valence-corrected chi connectivity index (χ3v) is 5.78. The number of carboxylic acid groups (broad SMARTS) is 1. The van der Waals surface area contributed by atoms with Crippen LogP contribution in [0.2, 0.25) is 0 Å². The average molecular weight is 281 g/mol. The zero-order chi connectivity index (χ0) is 14.9. The summed E-state index contributed by atoms with van der Waals surface area (Å²) < 4.78 is 0. The van der Waals surface area contributed by atoms with Gasteiger partial charge in [-0.25, -0.2) is 0 Å². The first-order valence-corrected chi connectivity index (χ1v) is 7.84. The third kappa shape index (κ3) is 2.99. The van der Waals surface area contributed by atoms with Crippen molar-refractivity contribution in [3.63, 3.8) is 0 Å². The Morgan fingerprint density at radius 3 is 2.35 bits per heavy atom. The second-order valence-electron chi connectivity index (χ2n) is 7.25. The highest BCUT2D eigenvalue weighted by atomic mass is 16.4. The summed E-state index contributed by atoms with van der Waals surface area (Å²) in [6.45, 7) is 6.10. The Morgan fingerprint density at radius 1 is 1.20 bits per heavy atom. The molecule has 0 aromatic carbocycles. The van der Waals surface area contributed by atoms with E-state index in [1.165, 1.54) is 19.3 Å². The second-order valence-corrected chi connectivity index (χ2v) is 7.25. The summed E-state index contributed by atoms with van der Waals surface area (Å²) in [6, 6.07) is 0.119. The molecule has 20 heavy (non-hydrogen) atoms. The molecule has 0 radical (unpaired) electrons. The minimum Gasteiger partial charge on any atom is -0.481 e. The summed E-state index contributed by atoms with van der Waals surface area (Å²) in [6.07, 6.45) is 5.69. The molecular formula is C16H27NO3. The van der Waals surface area contributed by atoms with E-state index in [9.17, 15) is 14.7 Å². The van der Waals surface area contributed by atoms with Crippen molar-refractivity contribution >= 4 is 11.9 Å². The summed E-state index contributed by atoms with van der Waals surface area (Å²) in [5.41, 5.74) is -0.279. The topological polar surface area (TPSA) is 66.4 Å². The van der Waals surface area contributed by atoms with Crippen molar-refractivity contribution in [1.82, 2.24) is 5.32 Å². The molecule has 2 rings (SSSR count). The predicted molar refractivity (Wildman–Crippen MR) is 77.2 cm³/mol. The average Bonchev–Trinajstić information content (AvgIpc) is 2.29. The van der Waals surface area contributed by atoms with Crippen LogP contribution >= 0.6 is 0 Å². The molecule has 0 aromatic rings. The van der Waals surface area contributed by atoms with Crippen LogP contribution in [0.1, 0.15) is 59.3 Å². The number of carbonyl (C=O) groups excluding carboxylic acids is 1. The van der Waals surface area contributed by atoms with Gasteiger partial charge in [0.05, 0.1) is 5.92 Å². The zero-order valence-electron chi connectivity index (χ0n) is 12.8. The van der Waals surface area contributed by atoms with Crippen LogP contribution < -0.4 is 5.32 Å². The van der Waals surface area contributed by atoms with Gasteiger partial charge in [-0.15, -0.1) is 0 Å². The van der Waals surface area contributed by atoms with E-state index in [0.29, 0.717) is 18.8 Å². The van der Waals surface area contributed by atoms with Gasteiger partial charge in [0, 0.05) is 12.5 Å². The fourth-order valence-electron chi connectivity index (χ4n) is 3.67. The predicted octanol–water partition coefficient (Wildman–Crippen LogP) is 2.82. The minimum atomic E-state index is -0.707. The molecule has 2 N–H and O–H groups in total. The van der Waals surface area contributed by atoms with Crippen molar-refractivity contribution in [2.24, 2.45) is 23.2 Å². The molecule has 0 spiro atoms. The van der Waals surface area contributed by atoms with Gasteiger partial charge in [0.15, 0.2) is 0 Å². The second kappa shape index (κ2) is 5.74. The third-order valence-electron chi connectivity index (χ3n) is 5.78. The highest BCUT2D eigenvalue weighted by molar-refractivity contribution is 5.77. The van der Waals surface area contributed by atoms with Crippen LogP contribution in [-0.4, -0.2) is 23.0 Å². The van der Waals surface area contributed by atoms with Gasteiger partial charge in [0.1, 0.15) is 0 Å². The summed E-state index contributed by atoms with van der Waals surface area (Å²) in [4.78, 5) is 23.4. The largest absolute Gasteiger partial charge is 0.481 e. The molecule has 3 atom stereocenters.